The normalized spacial score (nSPS) is 9.44. The maximum atomic E-state index is 10.2. The summed E-state index contributed by atoms with van der Waals surface area (Å²) in [5.41, 5.74) is 0.259. The van der Waals surface area contributed by atoms with Gasteiger partial charge in [0.2, 0.25) is 0 Å². The van der Waals surface area contributed by atoms with Gasteiger partial charge in [-0.25, -0.2) is 4.79 Å². The Morgan fingerprint density at radius 1 is 1.67 bits per heavy atom. The standard InChI is InChI=1S/C5H4BrNO2/c6-4-2-7-1-3(4)5(8)9/h1-2,7H,(H,8,9). The first kappa shape index (κ1) is 6.35. The molecule has 0 aliphatic carbocycles. The molecule has 3 nitrogen and oxygen atoms in total. The Hall–Kier alpha value is -0.770. The summed E-state index contributed by atoms with van der Waals surface area (Å²) in [6, 6.07) is 0. The second-order valence-corrected chi connectivity index (χ2v) is 2.38. The summed E-state index contributed by atoms with van der Waals surface area (Å²) in [6.45, 7) is 0. The van der Waals surface area contributed by atoms with Crippen molar-refractivity contribution < 1.29 is 9.90 Å². The van der Waals surface area contributed by atoms with Gasteiger partial charge in [0.1, 0.15) is 0 Å². The number of aromatic carboxylic acids is 1. The van der Waals surface area contributed by atoms with E-state index < -0.39 is 5.97 Å². The van der Waals surface area contributed by atoms with Crippen molar-refractivity contribution in [3.05, 3.63) is 22.4 Å². The molecule has 0 saturated heterocycles. The Balaban J connectivity index is 3.08. The van der Waals surface area contributed by atoms with E-state index in [0.717, 1.165) is 0 Å². The van der Waals surface area contributed by atoms with E-state index in [1.165, 1.54) is 6.20 Å². The summed E-state index contributed by atoms with van der Waals surface area (Å²) in [5.74, 6) is -0.928. The van der Waals surface area contributed by atoms with Gasteiger partial charge in [0.25, 0.3) is 0 Å². The Labute approximate surface area is 59.8 Å². The summed E-state index contributed by atoms with van der Waals surface area (Å²) >= 11 is 3.05. The molecule has 0 fully saturated rings. The third-order valence-corrected chi connectivity index (χ3v) is 1.58. The number of rotatable bonds is 1. The fourth-order valence-electron chi connectivity index (χ4n) is 0.509. The number of halogens is 1. The molecule has 0 spiro atoms. The topological polar surface area (TPSA) is 53.1 Å². The van der Waals surface area contributed by atoms with E-state index in [1.54, 1.807) is 6.20 Å². The number of carboxylic acid groups (broad SMARTS) is 1. The van der Waals surface area contributed by atoms with Crippen molar-refractivity contribution in [2.24, 2.45) is 0 Å². The van der Waals surface area contributed by atoms with Crippen LogP contribution in [0.3, 0.4) is 0 Å². The molecule has 1 aromatic heterocycles. The Bertz CT molecular complexity index is 231. The van der Waals surface area contributed by atoms with Crippen LogP contribution in [0.5, 0.6) is 0 Å². The van der Waals surface area contributed by atoms with Crippen LogP contribution in [-0.2, 0) is 0 Å². The molecule has 0 aromatic carbocycles. The van der Waals surface area contributed by atoms with Crippen LogP contribution in [0.15, 0.2) is 16.9 Å². The third kappa shape index (κ3) is 1.13. The highest BCUT2D eigenvalue weighted by atomic mass is 79.9. The molecular formula is C5H4BrNO2. The van der Waals surface area contributed by atoms with E-state index >= 15 is 0 Å². The van der Waals surface area contributed by atoms with E-state index in [9.17, 15) is 4.79 Å². The number of aromatic nitrogens is 1. The van der Waals surface area contributed by atoms with Crippen LogP contribution >= 0.6 is 15.9 Å². The zero-order valence-corrected chi connectivity index (χ0v) is 5.97. The first-order chi connectivity index (χ1) is 4.22. The van der Waals surface area contributed by atoms with Gasteiger partial charge in [0.05, 0.1) is 5.56 Å². The molecule has 0 saturated carbocycles. The second kappa shape index (κ2) is 2.23. The van der Waals surface area contributed by atoms with Gasteiger partial charge in [0, 0.05) is 16.9 Å². The molecule has 0 amide bonds. The fourth-order valence-corrected chi connectivity index (χ4v) is 0.925. The van der Waals surface area contributed by atoms with Gasteiger partial charge >= 0.3 is 5.97 Å². The summed E-state index contributed by atoms with van der Waals surface area (Å²) in [6.07, 6.45) is 3.00. The molecule has 9 heavy (non-hydrogen) atoms. The summed E-state index contributed by atoms with van der Waals surface area (Å²) < 4.78 is 0.579. The van der Waals surface area contributed by atoms with Crippen molar-refractivity contribution >= 4 is 21.9 Å². The van der Waals surface area contributed by atoms with Crippen LogP contribution in [0.25, 0.3) is 0 Å². The Morgan fingerprint density at radius 3 is 2.56 bits per heavy atom. The minimum Gasteiger partial charge on any atom is -0.478 e. The largest absolute Gasteiger partial charge is 0.478 e. The SMILES string of the molecule is O=C(O)c1c[nH]cc1Br. The maximum Gasteiger partial charge on any atom is 0.338 e. The maximum absolute atomic E-state index is 10.2. The molecule has 2 N–H and O–H groups in total. The minimum atomic E-state index is -0.928. The summed E-state index contributed by atoms with van der Waals surface area (Å²) in [7, 11) is 0. The van der Waals surface area contributed by atoms with Gasteiger partial charge in [-0.05, 0) is 15.9 Å². The molecule has 0 aliphatic rings. The fraction of sp³-hybridized carbons (Fsp3) is 0. The Kier molecular flexibility index (Phi) is 1.57. The van der Waals surface area contributed by atoms with Gasteiger partial charge in [0.15, 0.2) is 0 Å². The lowest BCUT2D eigenvalue weighted by Gasteiger charge is -1.84. The molecule has 4 heteroatoms. The predicted octanol–water partition coefficient (Wildman–Crippen LogP) is 1.48. The van der Waals surface area contributed by atoms with Gasteiger partial charge in [-0.1, -0.05) is 0 Å². The lowest BCUT2D eigenvalue weighted by molar-refractivity contribution is 0.0696. The van der Waals surface area contributed by atoms with Gasteiger partial charge < -0.3 is 10.1 Å². The van der Waals surface area contributed by atoms with E-state index in [2.05, 4.69) is 20.9 Å². The monoisotopic (exact) mass is 189 g/mol. The van der Waals surface area contributed by atoms with E-state index in [-0.39, 0.29) is 5.56 Å². The van der Waals surface area contributed by atoms with Crippen molar-refractivity contribution in [2.75, 3.05) is 0 Å². The molecule has 0 unspecified atom stereocenters. The highest BCUT2D eigenvalue weighted by Gasteiger charge is 2.06. The third-order valence-electron chi connectivity index (χ3n) is 0.925. The van der Waals surface area contributed by atoms with Crippen LogP contribution in [0.1, 0.15) is 10.4 Å². The van der Waals surface area contributed by atoms with Crippen molar-refractivity contribution in [1.29, 1.82) is 0 Å². The van der Waals surface area contributed by atoms with E-state index in [1.807, 2.05) is 0 Å². The lowest BCUT2D eigenvalue weighted by Crippen LogP contribution is -1.93. The molecule has 0 bridgehead atoms. The van der Waals surface area contributed by atoms with Gasteiger partial charge in [-0.3, -0.25) is 0 Å². The van der Waals surface area contributed by atoms with E-state index in [0.29, 0.717) is 4.47 Å². The van der Waals surface area contributed by atoms with Crippen molar-refractivity contribution in [3.8, 4) is 0 Å². The van der Waals surface area contributed by atoms with Crippen LogP contribution in [0.2, 0.25) is 0 Å². The molecule has 0 aliphatic heterocycles. The van der Waals surface area contributed by atoms with Crippen LogP contribution in [0.4, 0.5) is 0 Å². The number of aromatic amines is 1. The zero-order chi connectivity index (χ0) is 6.85. The van der Waals surface area contributed by atoms with Crippen molar-refractivity contribution in [2.45, 2.75) is 0 Å². The number of carboxylic acids is 1. The zero-order valence-electron chi connectivity index (χ0n) is 4.39. The summed E-state index contributed by atoms with van der Waals surface area (Å²) in [5, 5.41) is 8.40. The molecule has 0 radical (unpaired) electrons. The molecule has 0 atom stereocenters. The Morgan fingerprint density at radius 2 is 2.33 bits per heavy atom. The van der Waals surface area contributed by atoms with E-state index in [4.69, 9.17) is 5.11 Å². The average Bonchev–Trinajstić information content (AvgIpc) is 2.13. The van der Waals surface area contributed by atoms with Gasteiger partial charge in [-0.2, -0.15) is 0 Å². The average molecular weight is 190 g/mol. The van der Waals surface area contributed by atoms with Crippen LogP contribution < -0.4 is 0 Å². The number of carbonyl (C=O) groups is 1. The molecule has 1 heterocycles. The molecule has 48 valence electrons. The molecule has 1 aromatic rings. The highest BCUT2D eigenvalue weighted by molar-refractivity contribution is 9.10. The number of hydrogen-bond donors (Lipinski definition) is 2. The number of nitrogens with one attached hydrogen (secondary N) is 1. The smallest absolute Gasteiger partial charge is 0.338 e. The molecule has 1 rings (SSSR count). The second-order valence-electron chi connectivity index (χ2n) is 1.52. The molecular weight excluding hydrogens is 186 g/mol. The summed E-state index contributed by atoms with van der Waals surface area (Å²) in [4.78, 5) is 12.9. The van der Waals surface area contributed by atoms with Crippen LogP contribution in [0, 0.1) is 0 Å². The quantitative estimate of drug-likeness (QED) is 0.704. The lowest BCUT2D eigenvalue weighted by atomic mass is 10.4. The van der Waals surface area contributed by atoms with Crippen molar-refractivity contribution in [3.63, 3.8) is 0 Å². The first-order valence-corrected chi connectivity index (χ1v) is 3.06. The predicted molar refractivity (Wildman–Crippen MR) is 35.5 cm³/mol. The number of H-pyrrole nitrogens is 1. The number of hydrogen-bond acceptors (Lipinski definition) is 1. The highest BCUT2D eigenvalue weighted by Crippen LogP contribution is 2.14. The van der Waals surface area contributed by atoms with Crippen molar-refractivity contribution in [1.82, 2.24) is 4.98 Å². The van der Waals surface area contributed by atoms with Crippen LogP contribution in [-0.4, -0.2) is 16.1 Å². The minimum absolute atomic E-state index is 0.259. The van der Waals surface area contributed by atoms with Gasteiger partial charge in [-0.15, -0.1) is 0 Å². The first-order valence-electron chi connectivity index (χ1n) is 2.27.